The van der Waals surface area contributed by atoms with Gasteiger partial charge in [-0.1, -0.05) is 18.2 Å². The van der Waals surface area contributed by atoms with Gasteiger partial charge in [0.15, 0.2) is 0 Å². The zero-order valence-corrected chi connectivity index (χ0v) is 12.8. The van der Waals surface area contributed by atoms with Gasteiger partial charge < -0.3 is 9.73 Å². The number of benzene rings is 1. The van der Waals surface area contributed by atoms with Crippen molar-refractivity contribution in [2.75, 3.05) is 5.32 Å². The van der Waals surface area contributed by atoms with Crippen molar-refractivity contribution in [2.24, 2.45) is 0 Å². The van der Waals surface area contributed by atoms with E-state index in [0.717, 1.165) is 22.0 Å². The Hall–Kier alpha value is -2.66. The van der Waals surface area contributed by atoms with Gasteiger partial charge in [-0.2, -0.15) is 0 Å². The van der Waals surface area contributed by atoms with Gasteiger partial charge in [-0.05, 0) is 31.2 Å². The fourth-order valence-corrected chi connectivity index (χ4v) is 2.63. The van der Waals surface area contributed by atoms with Gasteiger partial charge >= 0.3 is 0 Å². The van der Waals surface area contributed by atoms with Crippen molar-refractivity contribution < 1.29 is 9.21 Å². The number of nitrogens with one attached hydrogen (secondary N) is 1. The molecule has 0 aliphatic carbocycles. The number of anilines is 1. The summed E-state index contributed by atoms with van der Waals surface area (Å²) in [5.41, 5.74) is 2.52. The number of furan rings is 1. The number of nitrogens with zero attached hydrogens (tertiary/aromatic N) is 1. The monoisotopic (exact) mass is 310 g/mol. The molecule has 1 amide bonds. The van der Waals surface area contributed by atoms with E-state index in [0.29, 0.717) is 5.76 Å². The first-order valence-electron chi connectivity index (χ1n) is 6.76. The lowest BCUT2D eigenvalue weighted by Crippen LogP contribution is -2.08. The summed E-state index contributed by atoms with van der Waals surface area (Å²) in [6.07, 6.45) is 4.64. The molecule has 22 heavy (non-hydrogen) atoms. The number of aromatic nitrogens is 1. The average Bonchev–Trinajstić information content (AvgIpc) is 3.17. The van der Waals surface area contributed by atoms with Gasteiger partial charge in [-0.25, -0.2) is 4.98 Å². The van der Waals surface area contributed by atoms with Crippen molar-refractivity contribution in [3.8, 4) is 11.3 Å². The van der Waals surface area contributed by atoms with E-state index >= 15 is 0 Å². The third-order valence-corrected chi connectivity index (χ3v) is 3.80. The van der Waals surface area contributed by atoms with Gasteiger partial charge in [0, 0.05) is 17.0 Å². The molecule has 0 saturated carbocycles. The Bertz CT molecular complexity index is 804. The minimum atomic E-state index is -0.212. The highest BCUT2D eigenvalue weighted by molar-refractivity contribution is 7.09. The third-order valence-electron chi connectivity index (χ3n) is 3.02. The van der Waals surface area contributed by atoms with E-state index in [1.165, 1.54) is 6.08 Å². The van der Waals surface area contributed by atoms with Crippen molar-refractivity contribution in [3.63, 3.8) is 0 Å². The number of rotatable bonds is 4. The molecule has 0 aliphatic heterocycles. The van der Waals surface area contributed by atoms with Crippen LogP contribution in [-0.2, 0) is 4.79 Å². The summed E-state index contributed by atoms with van der Waals surface area (Å²) >= 11 is 1.59. The highest BCUT2D eigenvalue weighted by Crippen LogP contribution is 2.28. The summed E-state index contributed by atoms with van der Waals surface area (Å²) in [6, 6.07) is 11.2. The van der Waals surface area contributed by atoms with Crippen molar-refractivity contribution in [1.29, 1.82) is 0 Å². The lowest BCUT2D eigenvalue weighted by molar-refractivity contribution is -0.111. The molecular weight excluding hydrogens is 296 g/mol. The molecule has 0 aliphatic rings. The second-order valence-corrected chi connectivity index (χ2v) is 5.70. The first-order valence-corrected chi connectivity index (χ1v) is 7.64. The van der Waals surface area contributed by atoms with Crippen molar-refractivity contribution >= 4 is 29.0 Å². The highest BCUT2D eigenvalue weighted by atomic mass is 32.1. The fraction of sp³-hybridized carbons (Fsp3) is 0.0588. The predicted octanol–water partition coefficient (Wildman–Crippen LogP) is 4.36. The number of amides is 1. The molecule has 0 fully saturated rings. The largest absolute Gasteiger partial charge is 0.465 e. The number of hydrogen-bond donors (Lipinski definition) is 1. The van der Waals surface area contributed by atoms with Crippen LogP contribution in [0.25, 0.3) is 17.3 Å². The number of carbonyl (C=O) groups is 1. The Morgan fingerprint density at radius 1 is 1.27 bits per heavy atom. The van der Waals surface area contributed by atoms with Crippen LogP contribution in [0.5, 0.6) is 0 Å². The number of hydrogen-bond acceptors (Lipinski definition) is 4. The SMILES string of the molecule is Cc1nc(-c2ccccc2NC(=O)/C=C/c2ccco2)cs1. The van der Waals surface area contributed by atoms with Crippen LogP contribution in [0.1, 0.15) is 10.8 Å². The Balaban J connectivity index is 1.79. The maximum Gasteiger partial charge on any atom is 0.248 e. The molecule has 0 spiro atoms. The number of aryl methyl sites for hydroxylation is 1. The molecule has 110 valence electrons. The molecule has 0 saturated heterocycles. The molecule has 5 heteroatoms. The molecule has 4 nitrogen and oxygen atoms in total. The molecule has 0 bridgehead atoms. The number of thiazole rings is 1. The van der Waals surface area contributed by atoms with E-state index in [-0.39, 0.29) is 5.91 Å². The molecule has 1 N–H and O–H groups in total. The fourth-order valence-electron chi connectivity index (χ4n) is 2.02. The lowest BCUT2D eigenvalue weighted by atomic mass is 10.1. The van der Waals surface area contributed by atoms with Crippen LogP contribution in [0.3, 0.4) is 0 Å². The van der Waals surface area contributed by atoms with Crippen LogP contribution in [-0.4, -0.2) is 10.9 Å². The Morgan fingerprint density at radius 3 is 2.86 bits per heavy atom. The van der Waals surface area contributed by atoms with Crippen LogP contribution in [0, 0.1) is 6.92 Å². The highest BCUT2D eigenvalue weighted by Gasteiger charge is 2.09. The minimum Gasteiger partial charge on any atom is -0.465 e. The van der Waals surface area contributed by atoms with E-state index in [4.69, 9.17) is 4.42 Å². The molecule has 3 aromatic rings. The van der Waals surface area contributed by atoms with Gasteiger partial charge in [0.2, 0.25) is 5.91 Å². The van der Waals surface area contributed by atoms with Gasteiger partial charge in [-0.15, -0.1) is 11.3 Å². The molecular formula is C17H14N2O2S. The molecule has 0 radical (unpaired) electrons. The van der Waals surface area contributed by atoms with Crippen LogP contribution in [0.2, 0.25) is 0 Å². The third kappa shape index (κ3) is 3.32. The second-order valence-electron chi connectivity index (χ2n) is 4.64. The van der Waals surface area contributed by atoms with Gasteiger partial charge in [-0.3, -0.25) is 4.79 Å². The van der Waals surface area contributed by atoms with E-state index in [1.54, 1.807) is 35.8 Å². The van der Waals surface area contributed by atoms with Crippen molar-refractivity contribution in [3.05, 3.63) is 64.9 Å². The molecule has 2 heterocycles. The molecule has 3 rings (SSSR count). The quantitative estimate of drug-likeness (QED) is 0.728. The van der Waals surface area contributed by atoms with Gasteiger partial charge in [0.05, 0.1) is 22.7 Å². The summed E-state index contributed by atoms with van der Waals surface area (Å²) in [6.45, 7) is 1.96. The van der Waals surface area contributed by atoms with E-state index in [1.807, 2.05) is 36.6 Å². The normalized spacial score (nSPS) is 11.0. The summed E-state index contributed by atoms with van der Waals surface area (Å²) in [7, 11) is 0. The zero-order chi connectivity index (χ0) is 15.4. The molecule has 1 aromatic carbocycles. The van der Waals surface area contributed by atoms with Crippen LogP contribution >= 0.6 is 11.3 Å². The Labute approximate surface area is 132 Å². The van der Waals surface area contributed by atoms with Gasteiger partial charge in [0.25, 0.3) is 0 Å². The predicted molar refractivity (Wildman–Crippen MR) is 88.7 cm³/mol. The number of carbonyl (C=O) groups excluding carboxylic acids is 1. The lowest BCUT2D eigenvalue weighted by Gasteiger charge is -2.07. The first kappa shape index (κ1) is 14.3. The van der Waals surface area contributed by atoms with Gasteiger partial charge in [0.1, 0.15) is 5.76 Å². The smallest absolute Gasteiger partial charge is 0.248 e. The average molecular weight is 310 g/mol. The Kier molecular flexibility index (Phi) is 4.16. The van der Waals surface area contributed by atoms with E-state index < -0.39 is 0 Å². The van der Waals surface area contributed by atoms with Crippen LogP contribution in [0.4, 0.5) is 5.69 Å². The second kappa shape index (κ2) is 6.41. The van der Waals surface area contributed by atoms with Crippen molar-refractivity contribution in [1.82, 2.24) is 4.98 Å². The first-order chi connectivity index (χ1) is 10.7. The summed E-state index contributed by atoms with van der Waals surface area (Å²) in [5.74, 6) is 0.425. The topological polar surface area (TPSA) is 55.1 Å². The summed E-state index contributed by atoms with van der Waals surface area (Å²) < 4.78 is 5.15. The molecule has 0 unspecified atom stereocenters. The van der Waals surface area contributed by atoms with E-state index in [9.17, 15) is 4.79 Å². The standard InChI is InChI=1S/C17H14N2O2S/c1-12-18-16(11-22-12)14-6-2-3-7-15(14)19-17(20)9-8-13-5-4-10-21-13/h2-11H,1H3,(H,19,20)/b9-8+. The van der Waals surface area contributed by atoms with Crippen LogP contribution in [0.15, 0.2) is 58.5 Å². The molecule has 2 aromatic heterocycles. The summed E-state index contributed by atoms with van der Waals surface area (Å²) in [5, 5.41) is 5.86. The van der Waals surface area contributed by atoms with Crippen LogP contribution < -0.4 is 5.32 Å². The van der Waals surface area contributed by atoms with Crippen molar-refractivity contribution in [2.45, 2.75) is 6.92 Å². The summed E-state index contributed by atoms with van der Waals surface area (Å²) in [4.78, 5) is 16.5. The zero-order valence-electron chi connectivity index (χ0n) is 11.9. The van der Waals surface area contributed by atoms with E-state index in [2.05, 4.69) is 10.3 Å². The Morgan fingerprint density at radius 2 is 2.14 bits per heavy atom. The maximum absolute atomic E-state index is 12.0. The maximum atomic E-state index is 12.0. The molecule has 0 atom stereocenters. The minimum absolute atomic E-state index is 0.212. The number of para-hydroxylation sites is 1.